The van der Waals surface area contributed by atoms with E-state index in [1.807, 2.05) is 30.3 Å². The minimum atomic E-state index is -0.550. The van der Waals surface area contributed by atoms with E-state index in [-0.39, 0.29) is 12.4 Å². The highest BCUT2D eigenvalue weighted by Crippen LogP contribution is 2.24. The summed E-state index contributed by atoms with van der Waals surface area (Å²) in [6.07, 6.45) is 0. The number of rotatable bonds is 5. The third-order valence-corrected chi connectivity index (χ3v) is 4.71. The predicted molar refractivity (Wildman–Crippen MR) is 110 cm³/mol. The summed E-state index contributed by atoms with van der Waals surface area (Å²) < 4.78 is 16.1. The first-order chi connectivity index (χ1) is 14.2. The van der Waals surface area contributed by atoms with Crippen molar-refractivity contribution in [2.24, 2.45) is 0 Å². The number of ether oxygens (including phenoxy) is 1. The van der Waals surface area contributed by atoms with Crippen molar-refractivity contribution >= 4 is 40.3 Å². The summed E-state index contributed by atoms with van der Waals surface area (Å²) in [7, 11) is 0. The maximum atomic E-state index is 12.0. The molecule has 8 heteroatoms. The smallest absolute Gasteiger partial charge is 0.375 e. The van der Waals surface area contributed by atoms with Crippen molar-refractivity contribution in [3.05, 3.63) is 65.4 Å². The second-order valence-electron chi connectivity index (χ2n) is 5.75. The SMILES string of the molecule is O=C(OCC#CCSc1nnc(-c2cccc(Cl)c2)o1)c1cc2ccccc2o1. The number of hydrogen-bond donors (Lipinski definition) is 0. The fourth-order valence-electron chi connectivity index (χ4n) is 2.46. The number of carbonyl (C=O) groups excluding carboxylic acids is 1. The topological polar surface area (TPSA) is 78.4 Å². The average molecular weight is 425 g/mol. The number of halogens is 1. The summed E-state index contributed by atoms with van der Waals surface area (Å²) in [5.41, 5.74) is 1.39. The number of para-hydroxylation sites is 1. The van der Waals surface area contributed by atoms with Crippen LogP contribution in [0.25, 0.3) is 22.4 Å². The molecule has 0 saturated heterocycles. The second-order valence-corrected chi connectivity index (χ2v) is 7.11. The standard InChI is InChI=1S/C21H13ClN2O4S/c22-16-8-5-7-15(12-16)19-23-24-21(28-19)29-11-4-3-10-26-20(25)18-13-14-6-1-2-9-17(14)27-18/h1-2,5-9,12-13H,10-11H2. The molecule has 0 aliphatic carbocycles. The number of esters is 1. The lowest BCUT2D eigenvalue weighted by Crippen LogP contribution is -2.03. The average Bonchev–Trinajstić information content (AvgIpc) is 3.37. The molecule has 6 nitrogen and oxygen atoms in total. The first kappa shape index (κ1) is 19.1. The summed E-state index contributed by atoms with van der Waals surface area (Å²) in [4.78, 5) is 12.0. The molecule has 0 aliphatic heterocycles. The van der Waals surface area contributed by atoms with Crippen LogP contribution in [-0.2, 0) is 4.74 Å². The Bertz CT molecular complexity index is 1190. The van der Waals surface area contributed by atoms with Gasteiger partial charge in [-0.3, -0.25) is 0 Å². The number of nitrogens with zero attached hydrogens (tertiary/aromatic N) is 2. The monoisotopic (exact) mass is 424 g/mol. The first-order valence-electron chi connectivity index (χ1n) is 8.53. The van der Waals surface area contributed by atoms with Crippen molar-refractivity contribution in [1.82, 2.24) is 10.2 Å². The molecular formula is C21H13ClN2O4S. The third-order valence-electron chi connectivity index (χ3n) is 3.77. The lowest BCUT2D eigenvalue weighted by atomic mass is 10.2. The zero-order chi connectivity index (χ0) is 20.1. The quantitative estimate of drug-likeness (QED) is 0.251. The van der Waals surface area contributed by atoms with E-state index in [0.717, 1.165) is 10.9 Å². The molecule has 0 aliphatic rings. The molecule has 0 unspecified atom stereocenters. The summed E-state index contributed by atoms with van der Waals surface area (Å²) >= 11 is 7.25. The van der Waals surface area contributed by atoms with Gasteiger partial charge >= 0.3 is 5.97 Å². The zero-order valence-electron chi connectivity index (χ0n) is 14.9. The highest BCUT2D eigenvalue weighted by molar-refractivity contribution is 7.99. The second kappa shape index (κ2) is 8.86. The number of aromatic nitrogens is 2. The fourth-order valence-corrected chi connectivity index (χ4v) is 3.19. The van der Waals surface area contributed by atoms with Gasteiger partial charge in [0.2, 0.25) is 11.7 Å². The Morgan fingerprint density at radius 3 is 2.83 bits per heavy atom. The van der Waals surface area contributed by atoms with Gasteiger partial charge in [-0.15, -0.1) is 10.2 Å². The van der Waals surface area contributed by atoms with E-state index in [2.05, 4.69) is 22.0 Å². The van der Waals surface area contributed by atoms with Gasteiger partial charge < -0.3 is 13.6 Å². The third kappa shape index (κ3) is 4.80. The van der Waals surface area contributed by atoms with Gasteiger partial charge in [-0.25, -0.2) is 4.79 Å². The molecule has 4 aromatic rings. The Balaban J connectivity index is 1.25. The van der Waals surface area contributed by atoms with Crippen molar-refractivity contribution in [1.29, 1.82) is 0 Å². The largest absolute Gasteiger partial charge is 0.449 e. The van der Waals surface area contributed by atoms with Gasteiger partial charge in [0.05, 0.1) is 5.75 Å². The Hall–Kier alpha value is -3.21. The van der Waals surface area contributed by atoms with Crippen LogP contribution in [0.1, 0.15) is 10.6 Å². The highest BCUT2D eigenvalue weighted by atomic mass is 35.5. The van der Waals surface area contributed by atoms with Gasteiger partial charge in [0, 0.05) is 16.0 Å². The lowest BCUT2D eigenvalue weighted by Gasteiger charge is -1.96. The lowest BCUT2D eigenvalue weighted by molar-refractivity contribution is 0.0523. The van der Waals surface area contributed by atoms with Crippen molar-refractivity contribution in [2.45, 2.75) is 5.22 Å². The van der Waals surface area contributed by atoms with Crippen LogP contribution in [0, 0.1) is 11.8 Å². The van der Waals surface area contributed by atoms with Crippen LogP contribution in [0.15, 0.2) is 68.7 Å². The van der Waals surface area contributed by atoms with E-state index in [0.29, 0.717) is 27.5 Å². The van der Waals surface area contributed by atoms with Gasteiger partial charge in [-0.2, -0.15) is 0 Å². The molecule has 2 aromatic heterocycles. The molecule has 0 amide bonds. The molecule has 0 spiro atoms. The van der Waals surface area contributed by atoms with Crippen LogP contribution < -0.4 is 0 Å². The van der Waals surface area contributed by atoms with Gasteiger partial charge in [-0.1, -0.05) is 59.5 Å². The normalized spacial score (nSPS) is 10.5. The van der Waals surface area contributed by atoms with Crippen molar-refractivity contribution in [2.75, 3.05) is 12.4 Å². The minimum absolute atomic E-state index is 0.0337. The number of thioether (sulfide) groups is 1. The molecular weight excluding hydrogens is 412 g/mol. The van der Waals surface area contributed by atoms with Crippen LogP contribution in [0.2, 0.25) is 5.02 Å². The maximum absolute atomic E-state index is 12.0. The summed E-state index contributed by atoms with van der Waals surface area (Å²) in [5, 5.41) is 9.80. The van der Waals surface area contributed by atoms with Gasteiger partial charge in [-0.05, 0) is 30.3 Å². The van der Waals surface area contributed by atoms with Crippen LogP contribution in [-0.4, -0.2) is 28.5 Å². The molecule has 144 valence electrons. The molecule has 2 heterocycles. The Morgan fingerprint density at radius 2 is 1.97 bits per heavy atom. The van der Waals surface area contributed by atoms with Gasteiger partial charge in [0.1, 0.15) is 5.58 Å². The maximum Gasteiger partial charge on any atom is 0.375 e. The number of fused-ring (bicyclic) bond motifs is 1. The number of benzene rings is 2. The molecule has 0 bridgehead atoms. The number of carbonyl (C=O) groups is 1. The van der Waals surface area contributed by atoms with E-state index >= 15 is 0 Å². The molecule has 4 rings (SSSR count). The van der Waals surface area contributed by atoms with Gasteiger partial charge in [0.15, 0.2) is 6.61 Å². The highest BCUT2D eigenvalue weighted by Gasteiger charge is 2.13. The van der Waals surface area contributed by atoms with Crippen LogP contribution in [0.4, 0.5) is 0 Å². The number of hydrogen-bond acceptors (Lipinski definition) is 7. The van der Waals surface area contributed by atoms with E-state index in [1.165, 1.54) is 11.8 Å². The first-order valence-corrected chi connectivity index (χ1v) is 9.89. The minimum Gasteiger partial charge on any atom is -0.449 e. The molecule has 0 fully saturated rings. The zero-order valence-corrected chi connectivity index (χ0v) is 16.5. The van der Waals surface area contributed by atoms with Crippen molar-refractivity contribution < 1.29 is 18.4 Å². The molecule has 0 atom stereocenters. The van der Waals surface area contributed by atoms with Crippen LogP contribution in [0.3, 0.4) is 0 Å². The van der Waals surface area contributed by atoms with Crippen LogP contribution >= 0.6 is 23.4 Å². The molecule has 0 N–H and O–H groups in total. The van der Waals surface area contributed by atoms with E-state index in [1.54, 1.807) is 24.3 Å². The molecule has 29 heavy (non-hydrogen) atoms. The molecule has 0 radical (unpaired) electrons. The van der Waals surface area contributed by atoms with Gasteiger partial charge in [0.25, 0.3) is 5.22 Å². The van der Waals surface area contributed by atoms with E-state index in [4.69, 9.17) is 25.2 Å². The Morgan fingerprint density at radius 1 is 1.07 bits per heavy atom. The summed E-state index contributed by atoms with van der Waals surface area (Å²) in [5.74, 6) is 6.07. The van der Waals surface area contributed by atoms with Crippen molar-refractivity contribution in [3.63, 3.8) is 0 Å². The van der Waals surface area contributed by atoms with E-state index < -0.39 is 5.97 Å². The van der Waals surface area contributed by atoms with Crippen LogP contribution in [0.5, 0.6) is 0 Å². The Kier molecular flexibility index (Phi) is 5.84. The predicted octanol–water partition coefficient (Wildman–Crippen LogP) is 5.09. The molecule has 2 aromatic carbocycles. The van der Waals surface area contributed by atoms with Crippen molar-refractivity contribution in [3.8, 4) is 23.3 Å². The van der Waals surface area contributed by atoms with E-state index in [9.17, 15) is 4.79 Å². The summed E-state index contributed by atoms with van der Waals surface area (Å²) in [6, 6.07) is 16.2. The number of furan rings is 1. The summed E-state index contributed by atoms with van der Waals surface area (Å²) in [6.45, 7) is -0.0337. The molecule has 0 saturated carbocycles. The fraction of sp³-hybridized carbons (Fsp3) is 0.0952. The Labute approximate surface area is 175 Å².